The van der Waals surface area contributed by atoms with E-state index in [1.54, 1.807) is 19.1 Å². The Labute approximate surface area is 132 Å². The Morgan fingerprint density at radius 1 is 1.23 bits per heavy atom. The van der Waals surface area contributed by atoms with Crippen molar-refractivity contribution < 1.29 is 13.2 Å². The van der Waals surface area contributed by atoms with Crippen LogP contribution in [0.1, 0.15) is 33.3 Å². The van der Waals surface area contributed by atoms with Crippen molar-refractivity contribution in [2.45, 2.75) is 46.2 Å². The molecule has 6 nitrogen and oxygen atoms in total. The minimum atomic E-state index is -3.34. The summed E-state index contributed by atoms with van der Waals surface area (Å²) in [6, 6.07) is 4.85. The van der Waals surface area contributed by atoms with E-state index in [1.165, 1.54) is 0 Å². The summed E-state index contributed by atoms with van der Waals surface area (Å²) in [5, 5.41) is 5.96. The zero-order valence-corrected chi connectivity index (χ0v) is 14.8. The molecule has 1 aromatic carbocycles. The Bertz CT molecular complexity index is 648. The quantitative estimate of drug-likeness (QED) is 0.773. The molecule has 0 heterocycles. The van der Waals surface area contributed by atoms with Crippen LogP contribution in [0.3, 0.4) is 0 Å². The van der Waals surface area contributed by atoms with Gasteiger partial charge in [0.25, 0.3) is 0 Å². The molecular weight excluding hydrogens is 302 g/mol. The molecule has 22 heavy (non-hydrogen) atoms. The van der Waals surface area contributed by atoms with Gasteiger partial charge >= 0.3 is 0 Å². The zero-order valence-electron chi connectivity index (χ0n) is 13.9. The normalized spacial score (nSPS) is 13.4. The summed E-state index contributed by atoms with van der Waals surface area (Å²) in [6.45, 7) is 9.31. The minimum absolute atomic E-state index is 0.120. The van der Waals surface area contributed by atoms with Crippen LogP contribution in [0, 0.1) is 6.92 Å². The van der Waals surface area contributed by atoms with Gasteiger partial charge in [0.15, 0.2) is 0 Å². The molecule has 124 valence electrons. The topological polar surface area (TPSA) is 87.3 Å². The lowest BCUT2D eigenvalue weighted by atomic mass is 10.1. The van der Waals surface area contributed by atoms with Crippen LogP contribution in [0.25, 0.3) is 0 Å². The van der Waals surface area contributed by atoms with Crippen molar-refractivity contribution in [3.8, 4) is 0 Å². The molecule has 1 aromatic rings. The first-order valence-electron chi connectivity index (χ1n) is 7.04. The highest BCUT2D eigenvalue weighted by Gasteiger charge is 2.19. The molecule has 0 aromatic heterocycles. The number of rotatable bonds is 5. The number of carbonyl (C=O) groups is 1. The van der Waals surface area contributed by atoms with E-state index in [9.17, 15) is 13.2 Å². The molecular formula is C15H25N3O3S. The third kappa shape index (κ3) is 6.34. The van der Waals surface area contributed by atoms with Crippen LogP contribution in [-0.2, 0) is 14.8 Å². The van der Waals surface area contributed by atoms with Crippen molar-refractivity contribution in [3.05, 3.63) is 23.8 Å². The van der Waals surface area contributed by atoms with Crippen molar-refractivity contribution in [1.82, 2.24) is 5.32 Å². The summed E-state index contributed by atoms with van der Waals surface area (Å²) < 4.78 is 25.2. The van der Waals surface area contributed by atoms with Gasteiger partial charge in [0, 0.05) is 11.2 Å². The molecule has 1 atom stereocenters. The van der Waals surface area contributed by atoms with E-state index in [-0.39, 0.29) is 11.4 Å². The Morgan fingerprint density at radius 3 is 2.32 bits per heavy atom. The molecule has 0 saturated carbocycles. The Balaban J connectivity index is 2.86. The second-order valence-corrected chi connectivity index (χ2v) is 8.26. The van der Waals surface area contributed by atoms with Crippen molar-refractivity contribution in [3.63, 3.8) is 0 Å². The zero-order chi connectivity index (χ0) is 17.1. The van der Waals surface area contributed by atoms with Gasteiger partial charge in [-0.25, -0.2) is 8.42 Å². The van der Waals surface area contributed by atoms with E-state index in [4.69, 9.17) is 0 Å². The van der Waals surface area contributed by atoms with E-state index in [1.807, 2.05) is 33.8 Å². The average Bonchev–Trinajstić information content (AvgIpc) is 2.29. The lowest BCUT2D eigenvalue weighted by Crippen LogP contribution is -2.47. The maximum absolute atomic E-state index is 12.1. The third-order valence-corrected chi connectivity index (χ3v) is 3.40. The second kappa shape index (κ2) is 6.56. The number of carbonyl (C=O) groups excluding carboxylic acids is 1. The summed E-state index contributed by atoms with van der Waals surface area (Å²) >= 11 is 0. The van der Waals surface area contributed by atoms with Gasteiger partial charge in [-0.3, -0.25) is 9.52 Å². The van der Waals surface area contributed by atoms with Crippen molar-refractivity contribution in [2.24, 2.45) is 0 Å². The fourth-order valence-electron chi connectivity index (χ4n) is 1.81. The summed E-state index contributed by atoms with van der Waals surface area (Å²) in [7, 11) is -3.34. The van der Waals surface area contributed by atoms with Crippen LogP contribution in [0.5, 0.6) is 0 Å². The van der Waals surface area contributed by atoms with E-state index in [0.717, 1.165) is 11.8 Å². The van der Waals surface area contributed by atoms with Crippen molar-refractivity contribution in [1.29, 1.82) is 0 Å². The number of sulfonamides is 1. The molecule has 0 aliphatic carbocycles. The first-order valence-corrected chi connectivity index (χ1v) is 8.93. The second-order valence-electron chi connectivity index (χ2n) is 6.51. The third-order valence-electron chi connectivity index (χ3n) is 2.81. The molecule has 0 aliphatic rings. The molecule has 0 unspecified atom stereocenters. The van der Waals surface area contributed by atoms with Crippen LogP contribution in [0.4, 0.5) is 11.4 Å². The Morgan fingerprint density at radius 2 is 1.82 bits per heavy atom. The number of benzene rings is 1. The summed E-state index contributed by atoms with van der Waals surface area (Å²) in [6.07, 6.45) is 1.10. The maximum Gasteiger partial charge on any atom is 0.242 e. The van der Waals surface area contributed by atoms with Gasteiger partial charge in [-0.2, -0.15) is 0 Å². The number of aryl methyl sites for hydroxylation is 1. The Hall–Kier alpha value is -1.76. The fraction of sp³-hybridized carbons (Fsp3) is 0.533. The van der Waals surface area contributed by atoms with Gasteiger partial charge in [-0.05, 0) is 52.3 Å². The van der Waals surface area contributed by atoms with Crippen LogP contribution in [0.2, 0.25) is 0 Å². The van der Waals surface area contributed by atoms with Gasteiger partial charge in [-0.1, -0.05) is 6.07 Å². The number of nitrogens with one attached hydrogen (secondary N) is 3. The number of anilines is 2. The maximum atomic E-state index is 12.1. The molecule has 0 spiro atoms. The highest BCUT2D eigenvalue weighted by molar-refractivity contribution is 7.92. The molecule has 0 radical (unpaired) electrons. The van der Waals surface area contributed by atoms with Crippen LogP contribution >= 0.6 is 0 Å². The minimum Gasteiger partial charge on any atom is -0.374 e. The SMILES string of the molecule is Cc1ccc(N[C@H](C)C(=O)NC(C)(C)C)cc1NS(C)(=O)=O. The van der Waals surface area contributed by atoms with Gasteiger partial charge < -0.3 is 10.6 Å². The monoisotopic (exact) mass is 327 g/mol. The molecule has 0 saturated heterocycles. The van der Waals surface area contributed by atoms with Crippen molar-refractivity contribution >= 4 is 27.3 Å². The van der Waals surface area contributed by atoms with Crippen LogP contribution in [-0.4, -0.2) is 32.2 Å². The van der Waals surface area contributed by atoms with Crippen molar-refractivity contribution in [2.75, 3.05) is 16.3 Å². The van der Waals surface area contributed by atoms with E-state index >= 15 is 0 Å². The fourth-order valence-corrected chi connectivity index (χ4v) is 2.43. The predicted octanol–water partition coefficient (Wildman–Crippen LogP) is 2.08. The number of hydrogen-bond acceptors (Lipinski definition) is 4. The van der Waals surface area contributed by atoms with Crippen LogP contribution in [0.15, 0.2) is 18.2 Å². The molecule has 1 amide bonds. The van der Waals surface area contributed by atoms with Gasteiger partial charge in [0.05, 0.1) is 11.9 Å². The first kappa shape index (κ1) is 18.3. The summed E-state index contributed by atoms with van der Waals surface area (Å²) in [4.78, 5) is 12.1. The number of amides is 1. The molecule has 0 bridgehead atoms. The lowest BCUT2D eigenvalue weighted by Gasteiger charge is -2.24. The molecule has 3 N–H and O–H groups in total. The van der Waals surface area contributed by atoms with E-state index in [0.29, 0.717) is 11.4 Å². The smallest absolute Gasteiger partial charge is 0.242 e. The first-order chi connectivity index (χ1) is 9.87. The highest BCUT2D eigenvalue weighted by Crippen LogP contribution is 2.21. The van der Waals surface area contributed by atoms with Gasteiger partial charge in [0.1, 0.15) is 6.04 Å². The molecule has 7 heteroatoms. The molecule has 1 rings (SSSR count). The number of hydrogen-bond donors (Lipinski definition) is 3. The Kier molecular flexibility index (Phi) is 5.45. The van der Waals surface area contributed by atoms with E-state index < -0.39 is 16.1 Å². The summed E-state index contributed by atoms with van der Waals surface area (Å²) in [5.41, 5.74) is 1.68. The molecule has 0 aliphatic heterocycles. The lowest BCUT2D eigenvalue weighted by molar-refractivity contribution is -0.122. The van der Waals surface area contributed by atoms with Gasteiger partial charge in [0.2, 0.25) is 15.9 Å². The largest absolute Gasteiger partial charge is 0.374 e. The molecule has 0 fully saturated rings. The standard InChI is InChI=1S/C15H25N3O3S/c1-10-7-8-12(9-13(10)18-22(6,20)21)16-11(2)14(19)17-15(3,4)5/h7-9,11,16,18H,1-6H3,(H,17,19)/t11-/m1/s1. The van der Waals surface area contributed by atoms with Gasteiger partial charge in [-0.15, -0.1) is 0 Å². The average molecular weight is 327 g/mol. The summed E-state index contributed by atoms with van der Waals surface area (Å²) in [5.74, 6) is -0.120. The predicted molar refractivity (Wildman–Crippen MR) is 90.6 cm³/mol. The van der Waals surface area contributed by atoms with Crippen LogP contribution < -0.4 is 15.4 Å². The van der Waals surface area contributed by atoms with E-state index in [2.05, 4.69) is 15.4 Å². The highest BCUT2D eigenvalue weighted by atomic mass is 32.2.